The molecule has 9 rings (SSSR count). The Hall–Kier alpha value is -5.36. The Balaban J connectivity index is 1.24. The highest BCUT2D eigenvalue weighted by Gasteiger charge is 2.68. The molecular formula is C38H29N3O3. The number of amides is 3. The molecule has 2 bridgehead atoms. The third kappa shape index (κ3) is 3.73. The molecule has 3 aliphatic carbocycles. The lowest BCUT2D eigenvalue weighted by Crippen LogP contribution is -2.54. The minimum Gasteiger partial charge on any atom is -0.274 e. The molecule has 0 radical (unpaired) electrons. The van der Waals surface area contributed by atoms with Crippen molar-refractivity contribution in [1.29, 1.82) is 0 Å². The number of nitrogens with one attached hydrogen (secondary N) is 1. The molecule has 5 aromatic rings. The Morgan fingerprint density at radius 3 is 2.14 bits per heavy atom. The van der Waals surface area contributed by atoms with Gasteiger partial charge in [-0.2, -0.15) is 5.10 Å². The molecule has 214 valence electrons. The highest BCUT2D eigenvalue weighted by Crippen LogP contribution is 2.63. The van der Waals surface area contributed by atoms with Gasteiger partial charge in [-0.3, -0.25) is 14.4 Å². The van der Waals surface area contributed by atoms with Crippen molar-refractivity contribution in [1.82, 2.24) is 5.43 Å². The summed E-state index contributed by atoms with van der Waals surface area (Å²) in [5.74, 6) is -2.24. The zero-order chi connectivity index (χ0) is 29.8. The lowest BCUT2D eigenvalue weighted by molar-refractivity contribution is -0.123. The summed E-state index contributed by atoms with van der Waals surface area (Å²) >= 11 is 0. The van der Waals surface area contributed by atoms with Gasteiger partial charge in [0.25, 0.3) is 0 Å². The van der Waals surface area contributed by atoms with Gasteiger partial charge in [0.05, 0.1) is 22.9 Å². The zero-order valence-corrected chi connectivity index (χ0v) is 23.9. The molecule has 6 nitrogen and oxygen atoms in total. The molecule has 0 unspecified atom stereocenters. The molecule has 3 amide bonds. The maximum atomic E-state index is 14.7. The molecule has 4 aliphatic rings. The first-order valence-corrected chi connectivity index (χ1v) is 15.0. The lowest BCUT2D eigenvalue weighted by atomic mass is 9.47. The van der Waals surface area contributed by atoms with E-state index in [1.165, 1.54) is 4.90 Å². The fourth-order valence-corrected chi connectivity index (χ4v) is 7.86. The summed E-state index contributed by atoms with van der Waals surface area (Å²) in [5.41, 5.74) is 7.32. The van der Waals surface area contributed by atoms with Crippen molar-refractivity contribution in [2.24, 2.45) is 16.9 Å². The molecule has 2 atom stereocenters. The second kappa shape index (κ2) is 10.1. The van der Waals surface area contributed by atoms with E-state index in [1.54, 1.807) is 6.21 Å². The van der Waals surface area contributed by atoms with Gasteiger partial charge in [0.15, 0.2) is 0 Å². The van der Waals surface area contributed by atoms with Crippen LogP contribution in [0.2, 0.25) is 0 Å². The Morgan fingerprint density at radius 2 is 1.39 bits per heavy atom. The van der Waals surface area contributed by atoms with Gasteiger partial charge in [0.1, 0.15) is 0 Å². The predicted octanol–water partition coefficient (Wildman–Crippen LogP) is 6.13. The first-order valence-electron chi connectivity index (χ1n) is 15.0. The van der Waals surface area contributed by atoms with Crippen LogP contribution in [0.1, 0.15) is 40.2 Å². The number of aryl methyl sites for hydroxylation is 1. The average Bonchev–Trinajstić information content (AvgIpc) is 3.34. The second-order valence-electron chi connectivity index (χ2n) is 11.8. The van der Waals surface area contributed by atoms with Crippen LogP contribution in [0.3, 0.4) is 0 Å². The zero-order valence-electron chi connectivity index (χ0n) is 23.9. The quantitative estimate of drug-likeness (QED) is 0.150. The number of hydrogen-bond acceptors (Lipinski definition) is 4. The maximum absolute atomic E-state index is 14.7. The van der Waals surface area contributed by atoms with Gasteiger partial charge in [-0.05, 0) is 45.7 Å². The minimum absolute atomic E-state index is 0.199. The number of carbonyl (C=O) groups is 3. The molecule has 0 saturated carbocycles. The summed E-state index contributed by atoms with van der Waals surface area (Å²) in [6.07, 6.45) is 2.59. The molecule has 5 aromatic carbocycles. The van der Waals surface area contributed by atoms with Gasteiger partial charge >= 0.3 is 0 Å². The smallest absolute Gasteiger partial charge is 0.240 e. The van der Waals surface area contributed by atoms with Gasteiger partial charge in [-0.15, -0.1) is 0 Å². The van der Waals surface area contributed by atoms with Crippen LogP contribution in [-0.4, -0.2) is 23.9 Å². The molecule has 1 fully saturated rings. The van der Waals surface area contributed by atoms with E-state index in [2.05, 4.69) is 22.7 Å². The third-order valence-corrected chi connectivity index (χ3v) is 9.63. The van der Waals surface area contributed by atoms with E-state index in [-0.39, 0.29) is 30.1 Å². The van der Waals surface area contributed by atoms with Crippen LogP contribution in [-0.2, 0) is 26.2 Å². The fraction of sp³-hybridized carbons (Fsp3) is 0.158. The molecule has 6 heteroatoms. The third-order valence-electron chi connectivity index (χ3n) is 9.63. The predicted molar refractivity (Wildman–Crippen MR) is 170 cm³/mol. The van der Waals surface area contributed by atoms with Gasteiger partial charge in [0.2, 0.25) is 17.7 Å². The van der Waals surface area contributed by atoms with Crippen molar-refractivity contribution >= 4 is 40.4 Å². The first-order chi connectivity index (χ1) is 21.6. The summed E-state index contributed by atoms with van der Waals surface area (Å²) in [6.45, 7) is 0. The van der Waals surface area contributed by atoms with Crippen molar-refractivity contribution in [2.45, 2.75) is 24.2 Å². The van der Waals surface area contributed by atoms with Crippen LogP contribution in [0.5, 0.6) is 0 Å². The molecule has 1 heterocycles. The Kier molecular flexibility index (Phi) is 6.05. The van der Waals surface area contributed by atoms with Crippen molar-refractivity contribution in [2.75, 3.05) is 4.90 Å². The number of anilines is 1. The molecule has 1 aliphatic heterocycles. The molecular weight excluding hydrogens is 546 g/mol. The molecule has 1 saturated heterocycles. The number of benzene rings is 5. The maximum Gasteiger partial charge on any atom is 0.240 e. The average molecular weight is 576 g/mol. The molecule has 1 N–H and O–H groups in total. The van der Waals surface area contributed by atoms with Crippen LogP contribution in [0.25, 0.3) is 10.8 Å². The standard InChI is InChI=1S/C38H29N3O3/c42-32(22-21-24-11-2-1-3-12-24)40-39-23-38-29-18-8-6-16-27(29)33(28-17-7-9-19-30(28)38)34-35(38)37(44)41(36(34)43)31-20-10-14-25-13-4-5-15-26(25)31/h1-20,23,33-35H,21-22H2,(H,40,42)/b39-23-/t33?,34-,35-,38?/m1/s1. The first kappa shape index (κ1) is 26.3. The van der Waals surface area contributed by atoms with Crippen molar-refractivity contribution in [3.8, 4) is 0 Å². The van der Waals surface area contributed by atoms with Gasteiger partial charge < -0.3 is 0 Å². The van der Waals surface area contributed by atoms with Crippen molar-refractivity contribution < 1.29 is 14.4 Å². The van der Waals surface area contributed by atoms with E-state index >= 15 is 0 Å². The summed E-state index contributed by atoms with van der Waals surface area (Å²) in [7, 11) is 0. The fourth-order valence-electron chi connectivity index (χ4n) is 7.86. The minimum atomic E-state index is -1.04. The number of fused-ring (bicyclic) bond motifs is 1. The summed E-state index contributed by atoms with van der Waals surface area (Å²) in [5, 5.41) is 6.35. The van der Waals surface area contributed by atoms with Crippen LogP contribution < -0.4 is 10.3 Å². The highest BCUT2D eigenvalue weighted by atomic mass is 16.2. The Labute approximate surface area is 255 Å². The summed E-state index contributed by atoms with van der Waals surface area (Å²) in [6, 6.07) is 39.5. The van der Waals surface area contributed by atoms with E-state index in [4.69, 9.17) is 0 Å². The van der Waals surface area contributed by atoms with E-state index in [1.807, 2.05) is 109 Å². The number of nitrogens with zero attached hydrogens (tertiary/aromatic N) is 2. The second-order valence-corrected chi connectivity index (χ2v) is 11.8. The Morgan fingerprint density at radius 1 is 0.750 bits per heavy atom. The largest absolute Gasteiger partial charge is 0.274 e. The monoisotopic (exact) mass is 575 g/mol. The summed E-state index contributed by atoms with van der Waals surface area (Å²) < 4.78 is 0. The number of imide groups is 1. The normalized spacial score (nSPS) is 23.1. The molecule has 0 spiro atoms. The number of hydrogen-bond donors (Lipinski definition) is 1. The van der Waals surface area contributed by atoms with Crippen molar-refractivity contribution in [3.05, 3.63) is 149 Å². The lowest BCUT2D eigenvalue weighted by Gasteiger charge is -2.52. The van der Waals surface area contributed by atoms with Gasteiger partial charge in [0, 0.05) is 23.9 Å². The van der Waals surface area contributed by atoms with Crippen LogP contribution in [0.4, 0.5) is 5.69 Å². The van der Waals surface area contributed by atoms with E-state index in [0.29, 0.717) is 12.1 Å². The molecule has 44 heavy (non-hydrogen) atoms. The van der Waals surface area contributed by atoms with Crippen LogP contribution in [0, 0.1) is 11.8 Å². The van der Waals surface area contributed by atoms with Gasteiger partial charge in [-0.1, -0.05) is 115 Å². The van der Waals surface area contributed by atoms with E-state index in [9.17, 15) is 14.4 Å². The van der Waals surface area contributed by atoms with E-state index in [0.717, 1.165) is 38.6 Å². The summed E-state index contributed by atoms with van der Waals surface area (Å²) in [4.78, 5) is 43.6. The van der Waals surface area contributed by atoms with E-state index < -0.39 is 17.3 Å². The van der Waals surface area contributed by atoms with Crippen LogP contribution >= 0.6 is 0 Å². The SMILES string of the molecule is O=C(CCc1ccccc1)N/N=C\C12c3ccccc3C(c3ccccc31)[C@H]1C(=O)N(c3cccc4ccccc34)C(=O)[C@@H]12. The topological polar surface area (TPSA) is 78.8 Å². The Bertz CT molecular complexity index is 1950. The van der Waals surface area contributed by atoms with Crippen LogP contribution in [0.15, 0.2) is 126 Å². The number of hydrazone groups is 1. The number of carbonyl (C=O) groups excluding carboxylic acids is 3. The van der Waals surface area contributed by atoms with Crippen molar-refractivity contribution in [3.63, 3.8) is 0 Å². The molecule has 0 aromatic heterocycles. The van der Waals surface area contributed by atoms with Gasteiger partial charge in [-0.25, -0.2) is 10.3 Å². The number of rotatable bonds is 6. The highest BCUT2D eigenvalue weighted by molar-refractivity contribution is 6.27.